The van der Waals surface area contributed by atoms with Gasteiger partial charge in [-0.1, -0.05) is 167 Å². The lowest BCUT2D eigenvalue weighted by atomic mass is 9.67. The average Bonchev–Trinajstić information content (AvgIpc) is 3.66. The second-order valence-electron chi connectivity index (χ2n) is 16.7. The van der Waals surface area contributed by atoms with E-state index in [1.165, 1.54) is 82.2 Å². The molecule has 274 valence electrons. The van der Waals surface area contributed by atoms with Crippen LogP contribution in [0, 0.1) is 0 Å². The second-order valence-corrected chi connectivity index (χ2v) is 16.7. The Kier molecular flexibility index (Phi) is 7.76. The van der Waals surface area contributed by atoms with Gasteiger partial charge in [0.05, 0.1) is 0 Å². The fraction of sp³-hybridized carbons (Fsp3) is 0.167. The maximum Gasteiger partial charge on any atom is 0.164 e. The van der Waals surface area contributed by atoms with Gasteiger partial charge >= 0.3 is 0 Å². The van der Waals surface area contributed by atoms with Crippen LogP contribution in [0.1, 0.15) is 68.2 Å². The zero-order chi connectivity index (χ0) is 38.1. The SMILES string of the molecule is CC1(C)c2ccccc2-c2cc3c(cc21)-c1cc(-c2cccc(-c4cccc(-c5nc(-c6ccccc6)nc(-c6ccccc6)n5)c4)c2)ccc1C31CCCCC1. The number of fused-ring (bicyclic) bond motifs is 8. The van der Waals surface area contributed by atoms with E-state index in [9.17, 15) is 0 Å². The van der Waals surface area contributed by atoms with Crippen molar-refractivity contribution >= 4 is 0 Å². The first-order chi connectivity index (χ1) is 28.0. The van der Waals surface area contributed by atoms with Crippen LogP contribution in [0.3, 0.4) is 0 Å². The fourth-order valence-electron chi connectivity index (χ4n) is 10.2. The molecule has 3 heteroatoms. The van der Waals surface area contributed by atoms with Gasteiger partial charge in [-0.2, -0.15) is 0 Å². The van der Waals surface area contributed by atoms with Gasteiger partial charge in [-0.3, -0.25) is 0 Å². The summed E-state index contributed by atoms with van der Waals surface area (Å²) in [6.45, 7) is 4.80. The van der Waals surface area contributed by atoms with Crippen molar-refractivity contribution in [2.75, 3.05) is 0 Å². The molecule has 0 atom stereocenters. The minimum absolute atomic E-state index is 0.0303. The van der Waals surface area contributed by atoms with Crippen LogP contribution in [-0.4, -0.2) is 15.0 Å². The van der Waals surface area contributed by atoms with Crippen LogP contribution in [0.5, 0.6) is 0 Å². The molecule has 0 amide bonds. The molecule has 3 aliphatic carbocycles. The lowest BCUT2D eigenvalue weighted by Gasteiger charge is -2.36. The highest BCUT2D eigenvalue weighted by molar-refractivity contribution is 5.91. The predicted octanol–water partition coefficient (Wildman–Crippen LogP) is 13.7. The Morgan fingerprint density at radius 1 is 0.333 bits per heavy atom. The summed E-state index contributed by atoms with van der Waals surface area (Å²) < 4.78 is 0. The number of hydrogen-bond donors (Lipinski definition) is 0. The Morgan fingerprint density at radius 3 is 1.46 bits per heavy atom. The molecule has 1 saturated carbocycles. The number of nitrogens with zero attached hydrogens (tertiary/aromatic N) is 3. The molecule has 1 fully saturated rings. The summed E-state index contributed by atoms with van der Waals surface area (Å²) >= 11 is 0. The molecule has 11 rings (SSSR count). The van der Waals surface area contributed by atoms with Crippen molar-refractivity contribution in [3.05, 3.63) is 186 Å². The molecule has 3 aliphatic rings. The van der Waals surface area contributed by atoms with E-state index in [2.05, 4.69) is 141 Å². The molecule has 1 aromatic heterocycles. The van der Waals surface area contributed by atoms with Gasteiger partial charge in [-0.25, -0.2) is 15.0 Å². The van der Waals surface area contributed by atoms with Gasteiger partial charge in [-0.15, -0.1) is 0 Å². The van der Waals surface area contributed by atoms with E-state index in [0.717, 1.165) is 27.8 Å². The highest BCUT2D eigenvalue weighted by Crippen LogP contribution is 2.60. The molecule has 0 saturated heterocycles. The Hall–Kier alpha value is -6.45. The van der Waals surface area contributed by atoms with Crippen molar-refractivity contribution < 1.29 is 0 Å². The summed E-state index contributed by atoms with van der Waals surface area (Å²) in [5.41, 5.74) is 19.4. The van der Waals surface area contributed by atoms with Gasteiger partial charge in [0, 0.05) is 27.5 Å². The molecular weight excluding hydrogens is 691 g/mol. The van der Waals surface area contributed by atoms with Gasteiger partial charge in [0.2, 0.25) is 0 Å². The third-order valence-electron chi connectivity index (χ3n) is 13.1. The Balaban J connectivity index is 0.992. The van der Waals surface area contributed by atoms with Crippen molar-refractivity contribution in [2.24, 2.45) is 0 Å². The number of rotatable bonds is 5. The molecule has 0 aliphatic heterocycles. The fourth-order valence-corrected chi connectivity index (χ4v) is 10.2. The molecule has 7 aromatic carbocycles. The van der Waals surface area contributed by atoms with E-state index in [4.69, 9.17) is 15.0 Å². The van der Waals surface area contributed by atoms with E-state index >= 15 is 0 Å². The molecule has 57 heavy (non-hydrogen) atoms. The smallest absolute Gasteiger partial charge is 0.164 e. The van der Waals surface area contributed by atoms with Gasteiger partial charge in [-0.05, 0) is 110 Å². The minimum Gasteiger partial charge on any atom is -0.208 e. The summed E-state index contributed by atoms with van der Waals surface area (Å²) in [5.74, 6) is 1.99. The average molecular weight is 734 g/mol. The van der Waals surface area contributed by atoms with Crippen LogP contribution in [0.4, 0.5) is 0 Å². The van der Waals surface area contributed by atoms with Crippen molar-refractivity contribution in [3.63, 3.8) is 0 Å². The standard InChI is InChI=1S/C54H43N3/c1-53(2)46-25-11-10-24-42(46)44-34-49-45(33-48(44)53)43-32-40(26-27-47(43)54(49)28-12-5-13-29-54)38-21-14-20-37(30-38)39-22-15-23-41(31-39)52-56-50(35-16-6-3-7-17-35)55-51(57-52)36-18-8-4-9-19-36/h3-4,6-11,14-27,30-34H,5,12-13,28-29H2,1-2H3. The van der Waals surface area contributed by atoms with Gasteiger partial charge in [0.1, 0.15) is 0 Å². The summed E-state index contributed by atoms with van der Waals surface area (Å²) in [6, 6.07) is 59.5. The van der Waals surface area contributed by atoms with Gasteiger partial charge in [0.15, 0.2) is 17.5 Å². The molecule has 8 aromatic rings. The maximum atomic E-state index is 5.01. The minimum atomic E-state index is -0.0303. The maximum absolute atomic E-state index is 5.01. The predicted molar refractivity (Wildman–Crippen MR) is 234 cm³/mol. The summed E-state index contributed by atoms with van der Waals surface area (Å²) in [6.07, 6.45) is 6.35. The highest BCUT2D eigenvalue weighted by atomic mass is 15.0. The molecule has 1 heterocycles. The summed E-state index contributed by atoms with van der Waals surface area (Å²) in [7, 11) is 0. The van der Waals surface area contributed by atoms with Gasteiger partial charge in [0.25, 0.3) is 0 Å². The molecule has 0 radical (unpaired) electrons. The zero-order valence-corrected chi connectivity index (χ0v) is 32.5. The molecular formula is C54H43N3. The highest BCUT2D eigenvalue weighted by Gasteiger charge is 2.46. The van der Waals surface area contributed by atoms with Crippen LogP contribution in [0.25, 0.3) is 78.7 Å². The lowest BCUT2D eigenvalue weighted by Crippen LogP contribution is -2.28. The van der Waals surface area contributed by atoms with Crippen LogP contribution < -0.4 is 0 Å². The largest absolute Gasteiger partial charge is 0.208 e. The number of hydrogen-bond acceptors (Lipinski definition) is 3. The second kappa shape index (κ2) is 13.1. The van der Waals surface area contributed by atoms with E-state index in [1.807, 2.05) is 36.4 Å². The molecule has 1 spiro atoms. The first-order valence-corrected chi connectivity index (χ1v) is 20.5. The van der Waals surface area contributed by atoms with Crippen molar-refractivity contribution in [3.8, 4) is 78.7 Å². The lowest BCUT2D eigenvalue weighted by molar-refractivity contribution is 0.353. The Bertz CT molecular complexity index is 2790. The quantitative estimate of drug-likeness (QED) is 0.177. The first-order valence-electron chi connectivity index (χ1n) is 20.5. The monoisotopic (exact) mass is 733 g/mol. The van der Waals surface area contributed by atoms with Crippen molar-refractivity contribution in [1.82, 2.24) is 15.0 Å². The third kappa shape index (κ3) is 5.44. The normalized spacial score (nSPS) is 15.5. The van der Waals surface area contributed by atoms with E-state index in [0.29, 0.717) is 17.5 Å². The van der Waals surface area contributed by atoms with Crippen LogP contribution in [0.2, 0.25) is 0 Å². The molecule has 3 nitrogen and oxygen atoms in total. The Labute approximate surface area is 335 Å². The van der Waals surface area contributed by atoms with Crippen molar-refractivity contribution in [1.29, 1.82) is 0 Å². The summed E-state index contributed by atoms with van der Waals surface area (Å²) in [4.78, 5) is 14.9. The molecule has 0 bridgehead atoms. The topological polar surface area (TPSA) is 38.7 Å². The number of benzene rings is 7. The molecule has 0 N–H and O–H groups in total. The van der Waals surface area contributed by atoms with E-state index in [-0.39, 0.29) is 10.8 Å². The third-order valence-corrected chi connectivity index (χ3v) is 13.1. The first kappa shape index (κ1) is 33.9. The van der Waals surface area contributed by atoms with Crippen LogP contribution >= 0.6 is 0 Å². The zero-order valence-electron chi connectivity index (χ0n) is 32.5. The summed E-state index contributed by atoms with van der Waals surface area (Å²) in [5, 5.41) is 0. The van der Waals surface area contributed by atoms with E-state index < -0.39 is 0 Å². The van der Waals surface area contributed by atoms with Crippen LogP contribution in [-0.2, 0) is 10.8 Å². The van der Waals surface area contributed by atoms with E-state index in [1.54, 1.807) is 5.56 Å². The van der Waals surface area contributed by atoms with Gasteiger partial charge < -0.3 is 0 Å². The van der Waals surface area contributed by atoms with Crippen LogP contribution in [0.15, 0.2) is 164 Å². The molecule has 0 unspecified atom stereocenters. The Morgan fingerprint density at radius 2 is 0.807 bits per heavy atom. The van der Waals surface area contributed by atoms with Crippen molar-refractivity contribution in [2.45, 2.75) is 56.8 Å². The number of aromatic nitrogens is 3.